The Bertz CT molecular complexity index is 1580. The van der Waals surface area contributed by atoms with Gasteiger partial charge in [-0.1, -0.05) is 94.9 Å². The van der Waals surface area contributed by atoms with Crippen molar-refractivity contribution in [2.75, 3.05) is 0 Å². The number of carbonyl (C=O) groups excluding carboxylic acids is 2. The molecule has 43 heavy (non-hydrogen) atoms. The van der Waals surface area contributed by atoms with Gasteiger partial charge < -0.3 is 9.30 Å². The smallest absolute Gasteiger partial charge is 0.367 e. The number of halogens is 4. The maximum atomic E-state index is 11.5. The lowest BCUT2D eigenvalue weighted by atomic mass is 10.1. The van der Waals surface area contributed by atoms with E-state index in [0.29, 0.717) is 44.4 Å². The van der Waals surface area contributed by atoms with E-state index in [9.17, 15) is 9.59 Å². The average Bonchev–Trinajstić information content (AvgIpc) is 3.53. The molecule has 0 amide bonds. The van der Waals surface area contributed by atoms with Crippen LogP contribution in [0.4, 0.5) is 0 Å². The fourth-order valence-electron chi connectivity index (χ4n) is 3.74. The van der Waals surface area contributed by atoms with Gasteiger partial charge in [0.2, 0.25) is 0 Å². The van der Waals surface area contributed by atoms with Crippen LogP contribution in [0.25, 0.3) is 0 Å². The average molecular weight is 658 g/mol. The van der Waals surface area contributed by atoms with Gasteiger partial charge in [-0.2, -0.15) is 0 Å². The van der Waals surface area contributed by atoms with Gasteiger partial charge in [-0.05, 0) is 54.1 Å². The summed E-state index contributed by atoms with van der Waals surface area (Å²) in [6, 6.07) is 27.3. The third-order valence-corrected chi connectivity index (χ3v) is 7.06. The number of aromatic nitrogens is 2. The lowest BCUT2D eigenvalue weighted by Crippen LogP contribution is -2.12. The van der Waals surface area contributed by atoms with Gasteiger partial charge in [0.25, 0.3) is 0 Å². The van der Waals surface area contributed by atoms with Gasteiger partial charge in [0, 0.05) is 38.0 Å². The maximum absolute atomic E-state index is 11.5. The molecule has 1 atom stereocenters. The molecule has 0 N–H and O–H groups in total. The van der Waals surface area contributed by atoms with Gasteiger partial charge >= 0.3 is 11.9 Å². The number of rotatable bonds is 8. The predicted molar refractivity (Wildman–Crippen MR) is 166 cm³/mol. The molecule has 0 spiro atoms. The topological polar surface area (TPSA) is 79.7 Å². The monoisotopic (exact) mass is 656 g/mol. The molecule has 11 heteroatoms. The number of benzene rings is 4. The van der Waals surface area contributed by atoms with E-state index in [4.69, 9.17) is 51.1 Å². The minimum Gasteiger partial charge on any atom is -0.367 e. The summed E-state index contributed by atoms with van der Waals surface area (Å²) in [5.41, 5.74) is 2.34. The van der Waals surface area contributed by atoms with Gasteiger partial charge in [0.05, 0.1) is 30.6 Å². The molecule has 0 aliphatic rings. The molecule has 0 aliphatic carbocycles. The van der Waals surface area contributed by atoms with E-state index in [0.717, 1.165) is 11.1 Å². The summed E-state index contributed by atoms with van der Waals surface area (Å²) in [6.45, 7) is 0.890. The number of nitrogens with zero attached hydrogens (tertiary/aromatic N) is 2. The molecular weight excluding hydrogens is 634 g/mol. The first-order valence-electron chi connectivity index (χ1n) is 12.8. The van der Waals surface area contributed by atoms with E-state index in [1.165, 1.54) is 0 Å². The standard InChI is InChI=1S/C18H14Cl4N2O.C14H10O4/c19-13-2-1-12(16(21)7-13)10-25-18(9-24-6-5-23-11-24)15-4-3-14(20)8-17(15)22;15-13(11-7-3-1-4-8-11)17-18-14(16)12-9-5-2-6-10-12/h1-8,11,18H,9-10H2;1-10H. The third-order valence-electron chi connectivity index (χ3n) is 5.91. The molecule has 0 saturated heterocycles. The highest BCUT2D eigenvalue weighted by Crippen LogP contribution is 2.31. The van der Waals surface area contributed by atoms with Crippen LogP contribution < -0.4 is 0 Å². The van der Waals surface area contributed by atoms with Crippen molar-refractivity contribution < 1.29 is 24.1 Å². The van der Waals surface area contributed by atoms with Crippen molar-refractivity contribution in [3.05, 3.63) is 158 Å². The molecule has 4 aromatic carbocycles. The van der Waals surface area contributed by atoms with Gasteiger partial charge in [-0.3, -0.25) is 0 Å². The minimum absolute atomic E-state index is 0.286. The summed E-state index contributed by atoms with van der Waals surface area (Å²) >= 11 is 24.5. The highest BCUT2D eigenvalue weighted by molar-refractivity contribution is 6.35. The molecule has 0 saturated carbocycles. The van der Waals surface area contributed by atoms with Crippen LogP contribution in [0.2, 0.25) is 20.1 Å². The van der Waals surface area contributed by atoms with Crippen molar-refractivity contribution in [1.29, 1.82) is 0 Å². The summed E-state index contributed by atoms with van der Waals surface area (Å²) in [7, 11) is 0. The Balaban J connectivity index is 0.000000208. The molecule has 7 nitrogen and oxygen atoms in total. The Morgan fingerprint density at radius 3 is 1.79 bits per heavy atom. The minimum atomic E-state index is -0.708. The van der Waals surface area contributed by atoms with E-state index >= 15 is 0 Å². The SMILES string of the molecule is Clc1ccc(COC(Cn2ccnc2)c2ccc(Cl)cc2Cl)c(Cl)c1.O=C(OOC(=O)c1ccccc1)c1ccccc1. The third kappa shape index (κ3) is 9.85. The number of imidazole rings is 1. The summed E-state index contributed by atoms with van der Waals surface area (Å²) < 4.78 is 8.05. The molecule has 220 valence electrons. The van der Waals surface area contributed by atoms with Crippen molar-refractivity contribution in [1.82, 2.24) is 9.55 Å². The predicted octanol–water partition coefficient (Wildman–Crippen LogP) is 9.07. The van der Waals surface area contributed by atoms with Gasteiger partial charge in [0.15, 0.2) is 0 Å². The summed E-state index contributed by atoms with van der Waals surface area (Å²) in [6.07, 6.45) is 5.03. The second kappa shape index (κ2) is 16.1. The molecular formula is C32H24Cl4N2O5. The Morgan fingerprint density at radius 1 is 0.721 bits per heavy atom. The molecule has 0 aliphatic heterocycles. The van der Waals surface area contributed by atoms with Crippen LogP contribution in [0, 0.1) is 0 Å². The van der Waals surface area contributed by atoms with Crippen molar-refractivity contribution in [3.63, 3.8) is 0 Å². The van der Waals surface area contributed by atoms with E-state index in [1.54, 1.807) is 97.5 Å². The van der Waals surface area contributed by atoms with E-state index in [2.05, 4.69) is 14.8 Å². The zero-order valence-corrected chi connectivity index (χ0v) is 25.4. The molecule has 5 rings (SSSR count). The first kappa shape index (κ1) is 32.1. The van der Waals surface area contributed by atoms with Gasteiger partial charge in [0.1, 0.15) is 6.10 Å². The summed E-state index contributed by atoms with van der Waals surface area (Å²) in [4.78, 5) is 35.9. The normalized spacial score (nSPS) is 11.2. The summed E-state index contributed by atoms with van der Waals surface area (Å²) in [5, 5.41) is 2.29. The van der Waals surface area contributed by atoms with Crippen molar-refractivity contribution in [2.45, 2.75) is 19.3 Å². The number of hydrogen-bond acceptors (Lipinski definition) is 6. The highest BCUT2D eigenvalue weighted by Gasteiger charge is 2.18. The largest absolute Gasteiger partial charge is 0.386 e. The van der Waals surface area contributed by atoms with Gasteiger partial charge in [-0.25, -0.2) is 24.3 Å². The van der Waals surface area contributed by atoms with Crippen LogP contribution >= 0.6 is 46.4 Å². The Kier molecular flexibility index (Phi) is 12.0. The fraction of sp³-hybridized carbons (Fsp3) is 0.0938. The Labute approximate surface area is 268 Å². The van der Waals surface area contributed by atoms with Crippen LogP contribution in [-0.4, -0.2) is 21.5 Å². The van der Waals surface area contributed by atoms with E-state index < -0.39 is 11.9 Å². The molecule has 0 bridgehead atoms. The second-order valence-corrected chi connectivity index (χ2v) is 10.6. The lowest BCUT2D eigenvalue weighted by Gasteiger charge is -2.21. The second-order valence-electron chi connectivity index (χ2n) is 8.93. The van der Waals surface area contributed by atoms with Gasteiger partial charge in [-0.15, -0.1) is 0 Å². The molecule has 1 unspecified atom stereocenters. The van der Waals surface area contributed by atoms with Crippen LogP contribution in [0.3, 0.4) is 0 Å². The number of hydrogen-bond donors (Lipinski definition) is 0. The van der Waals surface area contributed by atoms with Crippen molar-refractivity contribution in [3.8, 4) is 0 Å². The van der Waals surface area contributed by atoms with Crippen LogP contribution in [0.5, 0.6) is 0 Å². The number of ether oxygens (including phenoxy) is 1. The Morgan fingerprint density at radius 2 is 1.28 bits per heavy atom. The first-order valence-corrected chi connectivity index (χ1v) is 14.3. The fourth-order valence-corrected chi connectivity index (χ4v) is 4.73. The zero-order valence-electron chi connectivity index (χ0n) is 22.4. The van der Waals surface area contributed by atoms with Crippen molar-refractivity contribution in [2.24, 2.45) is 0 Å². The van der Waals surface area contributed by atoms with E-state index in [1.807, 2.05) is 22.9 Å². The van der Waals surface area contributed by atoms with Crippen LogP contribution in [0.1, 0.15) is 37.9 Å². The molecule has 0 fully saturated rings. The first-order chi connectivity index (χ1) is 20.8. The molecule has 5 aromatic rings. The highest BCUT2D eigenvalue weighted by atomic mass is 35.5. The Hall–Kier alpha value is -3.85. The molecule has 1 heterocycles. The van der Waals surface area contributed by atoms with Crippen molar-refractivity contribution >= 4 is 58.3 Å². The van der Waals surface area contributed by atoms with Crippen LogP contribution in [-0.2, 0) is 27.7 Å². The summed E-state index contributed by atoms with van der Waals surface area (Å²) in [5.74, 6) is -1.42. The quantitative estimate of drug-likeness (QED) is 0.122. The van der Waals surface area contributed by atoms with Crippen LogP contribution in [0.15, 0.2) is 116 Å². The maximum Gasteiger partial charge on any atom is 0.386 e. The number of carbonyl (C=O) groups is 2. The molecule has 0 radical (unpaired) electrons. The molecule has 1 aromatic heterocycles. The lowest BCUT2D eigenvalue weighted by molar-refractivity contribution is -0.187. The van der Waals surface area contributed by atoms with E-state index in [-0.39, 0.29) is 6.10 Å². The zero-order chi connectivity index (χ0) is 30.6.